The number of Topliss-reactive ketones (excluding diaryl/α,β-unsaturated/α-hetero) is 1. The van der Waals surface area contributed by atoms with Gasteiger partial charge in [0.2, 0.25) is 47.3 Å². The molecule has 628 valence electrons. The van der Waals surface area contributed by atoms with Crippen molar-refractivity contribution in [3.8, 4) is 5.75 Å². The summed E-state index contributed by atoms with van der Waals surface area (Å²) >= 11 is 6.57. The number of benzene rings is 3. The molecule has 1 aliphatic carbocycles. The number of para-hydroxylation sites is 1. The minimum absolute atomic E-state index is 0.0140. The van der Waals surface area contributed by atoms with Crippen molar-refractivity contribution in [3.05, 3.63) is 134 Å². The van der Waals surface area contributed by atoms with Gasteiger partial charge in [-0.15, -0.1) is 0 Å². The van der Waals surface area contributed by atoms with Gasteiger partial charge in [0.1, 0.15) is 28.3 Å². The van der Waals surface area contributed by atoms with E-state index in [1.807, 2.05) is 49.9 Å². The van der Waals surface area contributed by atoms with Crippen LogP contribution in [0.4, 0.5) is 46.3 Å². The Morgan fingerprint density at radius 2 is 1.42 bits per heavy atom. The van der Waals surface area contributed by atoms with Crippen LogP contribution in [-0.4, -0.2) is 218 Å². The van der Waals surface area contributed by atoms with Crippen molar-refractivity contribution in [1.29, 1.82) is 0 Å². The smallest absolute Gasteiger partial charge is 0.264 e. The lowest BCUT2D eigenvalue weighted by Gasteiger charge is -2.35. The quantitative estimate of drug-likeness (QED) is 0.00823. The van der Waals surface area contributed by atoms with E-state index in [1.54, 1.807) is 89.8 Å². The summed E-state index contributed by atoms with van der Waals surface area (Å²) in [5.74, 6) is -0.252. The SMILES string of the molecule is CC(=O)c1c(C)c2cnc(Nc3ccc(N4CCN(CC(=O)NCCSSCCN(CC(=O)NCCNc5cccc6c5C(=O)N(C5CCC(=O)NC5=O)C6=O)C(=O)CCCCCCC(=O)N5CCC(c6cc(OC(C)C)c(Nc7ncc(Cl)c(Nc8ccccc8S(=O)(=O)C(C)C)n7)cc6C)CC5)CC4)cn3)nc2n(C2CCCC2)c1=O. The number of rotatable bonds is 37. The lowest BCUT2D eigenvalue weighted by molar-refractivity contribution is -0.136. The second-order valence-electron chi connectivity index (χ2n) is 30.8. The first kappa shape index (κ1) is 87.0. The number of ketones is 1. The number of hydrogen-bond acceptors (Lipinski definition) is 26. The van der Waals surface area contributed by atoms with Crippen LogP contribution in [0.2, 0.25) is 5.02 Å². The summed E-state index contributed by atoms with van der Waals surface area (Å²) in [7, 11) is -0.551. The molecule has 35 heteroatoms. The van der Waals surface area contributed by atoms with E-state index >= 15 is 0 Å². The average molecular weight is 1690 g/mol. The molecule has 0 spiro atoms. The highest BCUT2D eigenvalue weighted by atomic mass is 35.5. The van der Waals surface area contributed by atoms with Crippen LogP contribution in [0.25, 0.3) is 11.0 Å². The second kappa shape index (κ2) is 40.0. The van der Waals surface area contributed by atoms with E-state index in [4.69, 9.17) is 21.3 Å². The number of piperazine rings is 1. The first-order valence-electron chi connectivity index (χ1n) is 40.5. The number of carbonyl (C=O) groups excluding carboxylic acids is 9. The number of imide groups is 2. The van der Waals surface area contributed by atoms with E-state index in [-0.39, 0.29) is 143 Å². The standard InChI is InChI=1S/C83H103ClN18O13S3/c1-50(2)115-66-44-59(52(5)43-64(66)92-82-90-47-61(84)76(95-82)91-62-20-14-15-22-67(62)118(113,114)51(3)4)55-29-34-99(35-30-55)72(107)23-10-8-9-11-24-73(108)100(49-71(106)86-32-31-85-63-21-16-19-58-75(63)81(112)102(79(58)110)65-26-28-69(104)94-78(65)109)40-42-117-116-41-33-87-70(105)48-97-36-38-98(39-37-97)57-25-27-68(88-45-57)93-83-89-46-60-53(6)74(54(7)103)80(111)101(77(60)96-83)56-17-12-13-18-56/h14-16,19-22,25,27,43-47,50-51,55-56,65,85H,8-13,17-18,23-24,26,28-42,48-49H2,1-7H3,(H,86,106)(H,87,105)(H,94,104,109)(H,88,89,93,96)(H2,90,91,92,95). The van der Waals surface area contributed by atoms with Crippen LogP contribution in [0.15, 0.2) is 95.0 Å². The van der Waals surface area contributed by atoms with Crippen LogP contribution in [0.1, 0.15) is 184 Å². The number of sulfone groups is 1. The molecule has 0 radical (unpaired) electrons. The highest BCUT2D eigenvalue weighted by molar-refractivity contribution is 8.76. The molecular formula is C83H103ClN18O13S3. The highest BCUT2D eigenvalue weighted by Crippen LogP contribution is 2.41. The number of ether oxygens (including phenoxy) is 1. The van der Waals surface area contributed by atoms with Gasteiger partial charge >= 0.3 is 0 Å². The number of pyridine rings is 2. The van der Waals surface area contributed by atoms with E-state index in [2.05, 4.69) is 67.0 Å². The molecule has 4 aromatic heterocycles. The molecule has 4 aliphatic heterocycles. The number of anilines is 8. The number of halogens is 1. The molecule has 1 saturated carbocycles. The van der Waals surface area contributed by atoms with E-state index in [0.717, 1.165) is 66.7 Å². The summed E-state index contributed by atoms with van der Waals surface area (Å²) < 4.78 is 34.5. The topological polar surface area (TPSA) is 384 Å². The number of carbonyl (C=O) groups is 9. The van der Waals surface area contributed by atoms with E-state index in [9.17, 15) is 56.4 Å². The summed E-state index contributed by atoms with van der Waals surface area (Å²) in [6, 6.07) is 18.0. The van der Waals surface area contributed by atoms with Gasteiger partial charge < -0.3 is 51.3 Å². The zero-order valence-corrected chi connectivity index (χ0v) is 70.8. The van der Waals surface area contributed by atoms with Gasteiger partial charge in [-0.3, -0.25) is 67.6 Å². The molecule has 5 aliphatic rings. The molecule has 31 nitrogen and oxygen atoms in total. The van der Waals surface area contributed by atoms with E-state index in [1.165, 1.54) is 30.0 Å². The summed E-state index contributed by atoms with van der Waals surface area (Å²) in [5.41, 5.74) is 5.51. The molecule has 3 saturated heterocycles. The number of piperidine rings is 2. The summed E-state index contributed by atoms with van der Waals surface area (Å²) in [6.07, 6.45) is 13.1. The molecule has 8 amide bonds. The number of unbranched alkanes of at least 4 members (excludes halogenated alkanes) is 3. The first-order chi connectivity index (χ1) is 56.7. The second-order valence-corrected chi connectivity index (χ2v) is 36.4. The van der Waals surface area contributed by atoms with Gasteiger partial charge in [0, 0.05) is 120 Å². The van der Waals surface area contributed by atoms with Gasteiger partial charge in [0.15, 0.2) is 21.4 Å². The van der Waals surface area contributed by atoms with Gasteiger partial charge in [-0.05, 0) is 165 Å². The maximum absolute atomic E-state index is 14.0. The van der Waals surface area contributed by atoms with Crippen LogP contribution < -0.4 is 52.4 Å². The number of likely N-dealkylation sites (tertiary alicyclic amines) is 1. The van der Waals surface area contributed by atoms with Crippen LogP contribution in [-0.2, 0) is 38.6 Å². The molecule has 1 unspecified atom stereocenters. The summed E-state index contributed by atoms with van der Waals surface area (Å²) in [4.78, 5) is 164. The van der Waals surface area contributed by atoms with Gasteiger partial charge in [0.25, 0.3) is 17.4 Å². The number of nitrogens with zero attached hydrogens (tertiary/aromatic N) is 11. The average Bonchev–Trinajstić information content (AvgIpc) is 1.24. The monoisotopic (exact) mass is 1690 g/mol. The third-order valence-corrected chi connectivity index (χ3v) is 26.8. The normalized spacial score (nSPS) is 16.2. The predicted octanol–water partition coefficient (Wildman–Crippen LogP) is 10.6. The number of amides is 8. The molecule has 7 aromatic rings. The fourth-order valence-corrected chi connectivity index (χ4v) is 18.9. The van der Waals surface area contributed by atoms with Crippen molar-refractivity contribution < 1.29 is 56.3 Å². The Morgan fingerprint density at radius 1 is 0.712 bits per heavy atom. The summed E-state index contributed by atoms with van der Waals surface area (Å²) in [5, 5.41) is 21.1. The Labute approximate surface area is 699 Å². The lowest BCUT2D eigenvalue weighted by atomic mass is 9.86. The van der Waals surface area contributed by atoms with Crippen LogP contribution in [0.3, 0.4) is 0 Å². The third kappa shape index (κ3) is 21.4. The van der Waals surface area contributed by atoms with Gasteiger partial charge in [0.05, 0.1) is 75.5 Å². The molecule has 4 fully saturated rings. The lowest BCUT2D eigenvalue weighted by Crippen LogP contribution is -2.54. The Balaban J connectivity index is 0.577. The largest absolute Gasteiger partial charge is 0.489 e. The van der Waals surface area contributed by atoms with Crippen molar-refractivity contribution in [1.82, 2.24) is 65.0 Å². The summed E-state index contributed by atoms with van der Waals surface area (Å²) in [6.45, 7) is 17.2. The minimum Gasteiger partial charge on any atom is -0.489 e. The number of aryl methyl sites for hydroxylation is 2. The van der Waals surface area contributed by atoms with E-state index in [0.29, 0.717) is 128 Å². The van der Waals surface area contributed by atoms with Crippen molar-refractivity contribution in [2.45, 2.75) is 173 Å². The van der Waals surface area contributed by atoms with Crippen LogP contribution in [0.5, 0.6) is 5.75 Å². The molecule has 0 bridgehead atoms. The van der Waals surface area contributed by atoms with Crippen molar-refractivity contribution >= 4 is 153 Å². The number of nitrogens with one attached hydrogen (secondary N) is 7. The highest BCUT2D eigenvalue weighted by Gasteiger charge is 2.46. The molecule has 7 N–H and O–H groups in total. The van der Waals surface area contributed by atoms with Gasteiger partial charge in [-0.2, -0.15) is 9.97 Å². The predicted molar refractivity (Wildman–Crippen MR) is 457 cm³/mol. The molecule has 1 atom stereocenters. The van der Waals surface area contributed by atoms with Gasteiger partial charge in [-0.1, -0.05) is 77.1 Å². The van der Waals surface area contributed by atoms with E-state index < -0.39 is 50.7 Å². The van der Waals surface area contributed by atoms with Crippen LogP contribution >= 0.6 is 33.2 Å². The fourth-order valence-electron chi connectivity index (χ4n) is 15.7. The Kier molecular flexibility index (Phi) is 29.5. The van der Waals surface area contributed by atoms with Gasteiger partial charge in [-0.25, -0.2) is 23.4 Å². The van der Waals surface area contributed by atoms with Crippen molar-refractivity contribution in [2.24, 2.45) is 0 Å². The maximum Gasteiger partial charge on any atom is 0.264 e. The third-order valence-electron chi connectivity index (χ3n) is 21.9. The zero-order valence-electron chi connectivity index (χ0n) is 67.6. The Bertz CT molecular complexity index is 5090. The number of hydrogen-bond donors (Lipinski definition) is 7. The molecule has 8 heterocycles. The Morgan fingerprint density at radius 3 is 2.14 bits per heavy atom. The fraction of sp³-hybridized carbons (Fsp3) is 0.482. The molecular weight excluding hydrogens is 1590 g/mol. The number of aromatic nitrogens is 6. The molecule has 12 rings (SSSR count). The van der Waals surface area contributed by atoms with Crippen molar-refractivity contribution in [2.75, 3.05) is 116 Å². The van der Waals surface area contributed by atoms with Crippen molar-refractivity contribution in [3.63, 3.8) is 0 Å². The zero-order chi connectivity index (χ0) is 83.9. The minimum atomic E-state index is -3.64. The maximum atomic E-state index is 14.0. The first-order valence-corrected chi connectivity index (χ1v) is 44.9. The molecule has 3 aromatic carbocycles. The Hall–Kier alpha value is -10.3. The molecule has 118 heavy (non-hydrogen) atoms. The number of fused-ring (bicyclic) bond motifs is 2. The van der Waals surface area contributed by atoms with Crippen LogP contribution in [0, 0.1) is 13.8 Å².